The van der Waals surface area contributed by atoms with Gasteiger partial charge in [-0.25, -0.2) is 19.3 Å². The molecule has 124 valence electrons. The first-order chi connectivity index (χ1) is 11.6. The Morgan fingerprint density at radius 2 is 2.12 bits per heavy atom. The van der Waals surface area contributed by atoms with Crippen molar-refractivity contribution in [2.75, 3.05) is 12.4 Å². The van der Waals surface area contributed by atoms with Crippen LogP contribution in [-0.4, -0.2) is 26.4 Å². The third-order valence-corrected chi connectivity index (χ3v) is 4.09. The molecule has 5 nitrogen and oxygen atoms in total. The van der Waals surface area contributed by atoms with Gasteiger partial charge in [0.05, 0.1) is 5.69 Å². The standard InChI is InChI=1S/C18H20FN5/c1-5-13-8-21-17-16(19)7-12(10-24(13)17)14(6-2)15-9-22-18(20-4)23-11(15)3/h6-10H,5H2,1-4H3,(H,20,22,23)/b14-6-. The van der Waals surface area contributed by atoms with Gasteiger partial charge < -0.3 is 9.72 Å². The van der Waals surface area contributed by atoms with Gasteiger partial charge in [0.1, 0.15) is 0 Å². The first-order valence-corrected chi connectivity index (χ1v) is 7.93. The third kappa shape index (κ3) is 2.64. The number of rotatable bonds is 4. The molecule has 0 aliphatic heterocycles. The van der Waals surface area contributed by atoms with Crippen LogP contribution in [0, 0.1) is 12.7 Å². The van der Waals surface area contributed by atoms with Gasteiger partial charge in [-0.15, -0.1) is 0 Å². The molecule has 3 heterocycles. The van der Waals surface area contributed by atoms with Crippen LogP contribution in [0.25, 0.3) is 11.2 Å². The zero-order valence-corrected chi connectivity index (χ0v) is 14.3. The molecule has 6 heteroatoms. The van der Waals surface area contributed by atoms with Gasteiger partial charge in [-0.2, -0.15) is 0 Å². The first-order valence-electron chi connectivity index (χ1n) is 7.93. The number of halogens is 1. The quantitative estimate of drug-likeness (QED) is 0.796. The van der Waals surface area contributed by atoms with Gasteiger partial charge in [-0.3, -0.25) is 0 Å². The average molecular weight is 325 g/mol. The highest BCUT2D eigenvalue weighted by Crippen LogP contribution is 2.27. The Morgan fingerprint density at radius 3 is 2.75 bits per heavy atom. The van der Waals surface area contributed by atoms with Crippen molar-refractivity contribution < 1.29 is 4.39 Å². The monoisotopic (exact) mass is 325 g/mol. The molecule has 0 aliphatic rings. The van der Waals surface area contributed by atoms with Crippen molar-refractivity contribution in [2.45, 2.75) is 27.2 Å². The minimum atomic E-state index is -0.336. The van der Waals surface area contributed by atoms with E-state index < -0.39 is 0 Å². The lowest BCUT2D eigenvalue weighted by Crippen LogP contribution is -2.03. The van der Waals surface area contributed by atoms with E-state index in [2.05, 4.69) is 20.3 Å². The zero-order valence-electron chi connectivity index (χ0n) is 14.3. The van der Waals surface area contributed by atoms with Crippen molar-refractivity contribution in [3.8, 4) is 0 Å². The van der Waals surface area contributed by atoms with E-state index in [9.17, 15) is 4.39 Å². The fourth-order valence-electron chi connectivity index (χ4n) is 2.83. The smallest absolute Gasteiger partial charge is 0.222 e. The summed E-state index contributed by atoms with van der Waals surface area (Å²) in [5.74, 6) is 0.230. The predicted octanol–water partition coefficient (Wildman–Crippen LogP) is 3.63. The summed E-state index contributed by atoms with van der Waals surface area (Å²) in [5.41, 5.74) is 4.72. The number of nitrogens with zero attached hydrogens (tertiary/aromatic N) is 4. The van der Waals surface area contributed by atoms with Crippen molar-refractivity contribution in [2.24, 2.45) is 0 Å². The molecule has 3 rings (SSSR count). The summed E-state index contributed by atoms with van der Waals surface area (Å²) in [4.78, 5) is 12.9. The van der Waals surface area contributed by atoms with E-state index >= 15 is 0 Å². The SMILES string of the molecule is C/C=C(/c1cc(F)c2ncc(CC)n2c1)c1cnc(NC)nc1C. The molecule has 3 aromatic heterocycles. The molecule has 0 spiro atoms. The second-order valence-electron chi connectivity index (χ2n) is 5.52. The largest absolute Gasteiger partial charge is 0.357 e. The Hall–Kier alpha value is -2.76. The highest BCUT2D eigenvalue weighted by Gasteiger charge is 2.14. The Labute approximate surface area is 140 Å². The van der Waals surface area contributed by atoms with E-state index in [0.717, 1.165) is 34.5 Å². The summed E-state index contributed by atoms with van der Waals surface area (Å²) in [6.07, 6.45) is 8.14. The maximum Gasteiger partial charge on any atom is 0.222 e. The maximum absolute atomic E-state index is 14.5. The molecule has 0 aliphatic carbocycles. The number of hydrogen-bond acceptors (Lipinski definition) is 4. The fraction of sp³-hybridized carbons (Fsp3) is 0.278. The summed E-state index contributed by atoms with van der Waals surface area (Å²) >= 11 is 0. The van der Waals surface area contributed by atoms with Gasteiger partial charge in [-0.1, -0.05) is 13.0 Å². The summed E-state index contributed by atoms with van der Waals surface area (Å²) < 4.78 is 16.3. The molecule has 1 N–H and O–H groups in total. The van der Waals surface area contributed by atoms with Gasteiger partial charge in [0.15, 0.2) is 11.5 Å². The van der Waals surface area contributed by atoms with Gasteiger partial charge in [-0.05, 0) is 31.9 Å². The number of aryl methyl sites for hydroxylation is 2. The van der Waals surface area contributed by atoms with Crippen LogP contribution in [0.1, 0.15) is 36.4 Å². The topological polar surface area (TPSA) is 55.1 Å². The van der Waals surface area contributed by atoms with Crippen molar-refractivity contribution in [3.05, 3.63) is 59.1 Å². The fourth-order valence-corrected chi connectivity index (χ4v) is 2.83. The molecule has 0 saturated heterocycles. The van der Waals surface area contributed by atoms with E-state index in [0.29, 0.717) is 11.6 Å². The minimum absolute atomic E-state index is 0.336. The van der Waals surface area contributed by atoms with E-state index in [1.54, 1.807) is 19.4 Å². The molecule has 0 amide bonds. The number of hydrogen-bond donors (Lipinski definition) is 1. The Kier molecular flexibility index (Phi) is 4.29. The number of imidazole rings is 1. The normalized spacial score (nSPS) is 12.0. The van der Waals surface area contributed by atoms with Crippen LogP contribution in [0.3, 0.4) is 0 Å². The molecule has 24 heavy (non-hydrogen) atoms. The number of pyridine rings is 1. The van der Waals surface area contributed by atoms with Crippen LogP contribution in [0.4, 0.5) is 10.3 Å². The minimum Gasteiger partial charge on any atom is -0.357 e. The Balaban J connectivity index is 2.17. The Bertz CT molecular complexity index is 927. The lowest BCUT2D eigenvalue weighted by atomic mass is 9.99. The summed E-state index contributed by atoms with van der Waals surface area (Å²) in [6, 6.07) is 1.52. The molecular formula is C18H20FN5. The molecule has 0 aromatic carbocycles. The second-order valence-corrected chi connectivity index (χ2v) is 5.52. The molecule has 0 atom stereocenters. The summed E-state index contributed by atoms with van der Waals surface area (Å²) in [7, 11) is 1.78. The summed E-state index contributed by atoms with van der Waals surface area (Å²) in [6.45, 7) is 5.88. The van der Waals surface area contributed by atoms with Gasteiger partial charge >= 0.3 is 0 Å². The molecule has 0 saturated carbocycles. The summed E-state index contributed by atoms with van der Waals surface area (Å²) in [5, 5.41) is 2.92. The molecule has 0 fully saturated rings. The van der Waals surface area contributed by atoms with E-state index in [-0.39, 0.29) is 5.82 Å². The van der Waals surface area contributed by atoms with Crippen molar-refractivity contribution in [3.63, 3.8) is 0 Å². The number of allylic oxidation sites excluding steroid dienone is 1. The van der Waals surface area contributed by atoms with Gasteiger partial charge in [0.2, 0.25) is 5.95 Å². The van der Waals surface area contributed by atoms with Crippen LogP contribution < -0.4 is 5.32 Å². The van der Waals surface area contributed by atoms with Crippen LogP contribution in [0.15, 0.2) is 30.7 Å². The van der Waals surface area contributed by atoms with Gasteiger partial charge in [0, 0.05) is 42.5 Å². The Morgan fingerprint density at radius 1 is 1.33 bits per heavy atom. The lowest BCUT2D eigenvalue weighted by molar-refractivity contribution is 0.628. The van der Waals surface area contributed by atoms with Crippen molar-refractivity contribution in [1.82, 2.24) is 19.4 Å². The molecule has 0 unspecified atom stereocenters. The van der Waals surface area contributed by atoms with E-state index in [1.807, 2.05) is 37.4 Å². The highest BCUT2D eigenvalue weighted by molar-refractivity contribution is 5.80. The third-order valence-electron chi connectivity index (χ3n) is 4.09. The number of fused-ring (bicyclic) bond motifs is 1. The number of anilines is 1. The van der Waals surface area contributed by atoms with Crippen LogP contribution in [0.5, 0.6) is 0 Å². The van der Waals surface area contributed by atoms with Crippen LogP contribution >= 0.6 is 0 Å². The first kappa shape index (κ1) is 16.1. The zero-order chi connectivity index (χ0) is 17.3. The molecular weight excluding hydrogens is 305 g/mol. The molecule has 3 aromatic rings. The number of aromatic nitrogens is 4. The lowest BCUT2D eigenvalue weighted by Gasteiger charge is -2.12. The molecule has 0 bridgehead atoms. The highest BCUT2D eigenvalue weighted by atomic mass is 19.1. The van der Waals surface area contributed by atoms with E-state index in [4.69, 9.17) is 0 Å². The van der Waals surface area contributed by atoms with Gasteiger partial charge in [0.25, 0.3) is 0 Å². The van der Waals surface area contributed by atoms with Crippen molar-refractivity contribution >= 4 is 17.2 Å². The average Bonchev–Trinajstić information content (AvgIpc) is 3.00. The van der Waals surface area contributed by atoms with Crippen LogP contribution in [-0.2, 0) is 6.42 Å². The second kappa shape index (κ2) is 6.39. The van der Waals surface area contributed by atoms with E-state index in [1.165, 1.54) is 6.07 Å². The van der Waals surface area contributed by atoms with Crippen molar-refractivity contribution in [1.29, 1.82) is 0 Å². The molecule has 0 radical (unpaired) electrons. The number of nitrogens with one attached hydrogen (secondary N) is 1. The predicted molar refractivity (Wildman–Crippen MR) is 93.6 cm³/mol. The van der Waals surface area contributed by atoms with Crippen LogP contribution in [0.2, 0.25) is 0 Å². The maximum atomic E-state index is 14.5.